The van der Waals surface area contributed by atoms with Gasteiger partial charge in [-0.3, -0.25) is 0 Å². The summed E-state index contributed by atoms with van der Waals surface area (Å²) in [5.41, 5.74) is 1.02. The standard InChI is InChI=1S/C15H22BrClO2/c1-4-5-6-7-8-12(17)11-9-10-13(18-2)14(16)15(11)19-3/h9-10,12H,4-8H2,1-3H3. The van der Waals surface area contributed by atoms with Crippen LogP contribution in [0.2, 0.25) is 0 Å². The second kappa shape index (κ2) is 8.70. The molecule has 0 saturated carbocycles. The second-order valence-corrected chi connectivity index (χ2v) is 5.84. The molecular formula is C15H22BrClO2. The van der Waals surface area contributed by atoms with Crippen molar-refractivity contribution in [3.8, 4) is 11.5 Å². The molecule has 0 radical (unpaired) electrons. The predicted octanol–water partition coefficient (Wildman–Crippen LogP) is 5.72. The minimum absolute atomic E-state index is 0.0194. The van der Waals surface area contributed by atoms with Crippen LogP contribution in [0.25, 0.3) is 0 Å². The molecule has 1 unspecified atom stereocenters. The lowest BCUT2D eigenvalue weighted by atomic mass is 10.0. The Hall–Kier alpha value is -0.410. The number of alkyl halides is 1. The molecule has 0 N–H and O–H groups in total. The van der Waals surface area contributed by atoms with Crippen molar-refractivity contribution in [2.24, 2.45) is 0 Å². The van der Waals surface area contributed by atoms with Crippen molar-refractivity contribution in [1.29, 1.82) is 0 Å². The molecule has 108 valence electrons. The van der Waals surface area contributed by atoms with Gasteiger partial charge in [0.05, 0.1) is 19.6 Å². The lowest BCUT2D eigenvalue weighted by molar-refractivity contribution is 0.385. The summed E-state index contributed by atoms with van der Waals surface area (Å²) < 4.78 is 11.5. The van der Waals surface area contributed by atoms with Crippen LogP contribution in [0.5, 0.6) is 11.5 Å². The Labute approximate surface area is 129 Å². The van der Waals surface area contributed by atoms with E-state index in [4.69, 9.17) is 21.1 Å². The van der Waals surface area contributed by atoms with Crippen molar-refractivity contribution in [2.75, 3.05) is 14.2 Å². The van der Waals surface area contributed by atoms with Crippen LogP contribution in [-0.4, -0.2) is 14.2 Å². The van der Waals surface area contributed by atoms with Crippen LogP contribution < -0.4 is 9.47 Å². The molecule has 4 heteroatoms. The molecule has 0 aliphatic heterocycles. The minimum atomic E-state index is -0.0194. The van der Waals surface area contributed by atoms with E-state index in [0.29, 0.717) is 0 Å². The summed E-state index contributed by atoms with van der Waals surface area (Å²) in [6.07, 6.45) is 5.86. The number of benzene rings is 1. The molecule has 1 aromatic rings. The summed E-state index contributed by atoms with van der Waals surface area (Å²) in [5.74, 6) is 1.53. The number of rotatable bonds is 8. The summed E-state index contributed by atoms with van der Waals surface area (Å²) in [7, 11) is 3.30. The number of methoxy groups -OCH3 is 2. The highest BCUT2D eigenvalue weighted by molar-refractivity contribution is 9.10. The summed E-state index contributed by atoms with van der Waals surface area (Å²) in [6.45, 7) is 2.21. The Balaban J connectivity index is 2.78. The van der Waals surface area contributed by atoms with Gasteiger partial charge in [-0.15, -0.1) is 11.6 Å². The van der Waals surface area contributed by atoms with E-state index in [9.17, 15) is 0 Å². The van der Waals surface area contributed by atoms with Gasteiger partial charge in [-0.05, 0) is 28.4 Å². The van der Waals surface area contributed by atoms with Gasteiger partial charge < -0.3 is 9.47 Å². The first-order valence-corrected chi connectivity index (χ1v) is 7.93. The SMILES string of the molecule is CCCCCCC(Cl)c1ccc(OC)c(Br)c1OC. The van der Waals surface area contributed by atoms with Crippen LogP contribution in [0, 0.1) is 0 Å². The molecule has 1 aromatic carbocycles. The van der Waals surface area contributed by atoms with E-state index in [1.54, 1.807) is 14.2 Å². The van der Waals surface area contributed by atoms with E-state index in [-0.39, 0.29) is 5.38 Å². The fourth-order valence-corrected chi connectivity index (χ4v) is 3.08. The van der Waals surface area contributed by atoms with Gasteiger partial charge in [0.2, 0.25) is 0 Å². The molecule has 0 aliphatic carbocycles. The third-order valence-corrected chi connectivity index (χ3v) is 4.37. The molecule has 1 atom stereocenters. The van der Waals surface area contributed by atoms with Crippen LogP contribution in [0.15, 0.2) is 16.6 Å². The molecule has 0 bridgehead atoms. The number of hydrogen-bond acceptors (Lipinski definition) is 2. The molecule has 19 heavy (non-hydrogen) atoms. The second-order valence-electron chi connectivity index (χ2n) is 4.52. The largest absolute Gasteiger partial charge is 0.495 e. The average Bonchev–Trinajstić information content (AvgIpc) is 2.43. The molecule has 0 spiro atoms. The number of ether oxygens (including phenoxy) is 2. The Morgan fingerprint density at radius 3 is 2.47 bits per heavy atom. The van der Waals surface area contributed by atoms with Crippen LogP contribution >= 0.6 is 27.5 Å². The lowest BCUT2D eigenvalue weighted by Gasteiger charge is -2.17. The smallest absolute Gasteiger partial charge is 0.141 e. The number of hydrogen-bond donors (Lipinski definition) is 0. The first-order chi connectivity index (χ1) is 9.15. The predicted molar refractivity (Wildman–Crippen MR) is 84.6 cm³/mol. The Morgan fingerprint density at radius 1 is 1.16 bits per heavy atom. The summed E-state index contributed by atoms with van der Waals surface area (Å²) in [6, 6.07) is 3.91. The normalized spacial score (nSPS) is 12.3. The zero-order chi connectivity index (χ0) is 14.3. The maximum Gasteiger partial charge on any atom is 0.141 e. The van der Waals surface area contributed by atoms with Gasteiger partial charge in [0, 0.05) is 5.56 Å². The maximum atomic E-state index is 6.49. The third kappa shape index (κ3) is 4.57. The highest BCUT2D eigenvalue weighted by Gasteiger charge is 2.18. The Kier molecular flexibility index (Phi) is 7.62. The summed E-state index contributed by atoms with van der Waals surface area (Å²) in [4.78, 5) is 0. The first kappa shape index (κ1) is 16.6. The van der Waals surface area contributed by atoms with Crippen molar-refractivity contribution >= 4 is 27.5 Å². The molecule has 0 saturated heterocycles. The third-order valence-electron chi connectivity index (χ3n) is 3.16. The monoisotopic (exact) mass is 348 g/mol. The van der Waals surface area contributed by atoms with Crippen molar-refractivity contribution in [2.45, 2.75) is 44.4 Å². The van der Waals surface area contributed by atoms with Gasteiger partial charge in [-0.1, -0.05) is 38.7 Å². The molecule has 0 heterocycles. The van der Waals surface area contributed by atoms with E-state index in [0.717, 1.165) is 34.4 Å². The lowest BCUT2D eigenvalue weighted by Crippen LogP contribution is -1.98. The Morgan fingerprint density at radius 2 is 1.89 bits per heavy atom. The van der Waals surface area contributed by atoms with Crippen LogP contribution in [-0.2, 0) is 0 Å². The van der Waals surface area contributed by atoms with Gasteiger partial charge in [0.25, 0.3) is 0 Å². The average molecular weight is 350 g/mol. The molecule has 2 nitrogen and oxygen atoms in total. The summed E-state index contributed by atoms with van der Waals surface area (Å²) >= 11 is 10.0. The zero-order valence-electron chi connectivity index (χ0n) is 11.8. The molecule has 0 fully saturated rings. The zero-order valence-corrected chi connectivity index (χ0v) is 14.2. The fourth-order valence-electron chi connectivity index (χ4n) is 2.07. The maximum absolute atomic E-state index is 6.49. The number of halogens is 2. The van der Waals surface area contributed by atoms with Gasteiger partial charge in [-0.2, -0.15) is 0 Å². The summed E-state index contributed by atoms with van der Waals surface area (Å²) in [5, 5.41) is -0.0194. The van der Waals surface area contributed by atoms with Crippen molar-refractivity contribution in [3.63, 3.8) is 0 Å². The van der Waals surface area contributed by atoms with Crippen LogP contribution in [0.4, 0.5) is 0 Å². The first-order valence-electron chi connectivity index (χ1n) is 6.70. The van der Waals surface area contributed by atoms with E-state index >= 15 is 0 Å². The van der Waals surface area contributed by atoms with E-state index in [1.807, 2.05) is 12.1 Å². The number of unbranched alkanes of at least 4 members (excludes halogenated alkanes) is 3. The van der Waals surface area contributed by atoms with E-state index < -0.39 is 0 Å². The topological polar surface area (TPSA) is 18.5 Å². The molecule has 1 rings (SSSR count). The van der Waals surface area contributed by atoms with Crippen LogP contribution in [0.3, 0.4) is 0 Å². The molecule has 0 aromatic heterocycles. The van der Waals surface area contributed by atoms with Gasteiger partial charge in [0.1, 0.15) is 16.0 Å². The van der Waals surface area contributed by atoms with Gasteiger partial charge in [-0.25, -0.2) is 0 Å². The Bertz CT molecular complexity index is 396. The van der Waals surface area contributed by atoms with Crippen molar-refractivity contribution in [3.05, 3.63) is 22.2 Å². The molecule has 0 aliphatic rings. The quantitative estimate of drug-likeness (QED) is 0.441. The highest BCUT2D eigenvalue weighted by Crippen LogP contribution is 2.42. The fraction of sp³-hybridized carbons (Fsp3) is 0.600. The van der Waals surface area contributed by atoms with Gasteiger partial charge >= 0.3 is 0 Å². The minimum Gasteiger partial charge on any atom is -0.495 e. The van der Waals surface area contributed by atoms with E-state index in [1.165, 1.54) is 19.3 Å². The highest BCUT2D eigenvalue weighted by atomic mass is 79.9. The van der Waals surface area contributed by atoms with E-state index in [2.05, 4.69) is 22.9 Å². The van der Waals surface area contributed by atoms with Crippen molar-refractivity contribution in [1.82, 2.24) is 0 Å². The van der Waals surface area contributed by atoms with Crippen molar-refractivity contribution < 1.29 is 9.47 Å². The van der Waals surface area contributed by atoms with Crippen LogP contribution in [0.1, 0.15) is 50.0 Å². The molecular weight excluding hydrogens is 328 g/mol. The molecule has 0 amide bonds. The van der Waals surface area contributed by atoms with Gasteiger partial charge in [0.15, 0.2) is 0 Å².